The third kappa shape index (κ3) is 3.62. The molecule has 2 aromatic carbocycles. The van der Waals surface area contributed by atoms with Crippen LogP contribution in [0.5, 0.6) is 0 Å². The van der Waals surface area contributed by atoms with Gasteiger partial charge in [-0.15, -0.1) is 6.42 Å². The summed E-state index contributed by atoms with van der Waals surface area (Å²) >= 11 is 0. The van der Waals surface area contributed by atoms with Gasteiger partial charge < -0.3 is 15.2 Å². The van der Waals surface area contributed by atoms with Gasteiger partial charge in [0.2, 0.25) is 0 Å². The molecule has 0 bridgehead atoms. The Kier molecular flexibility index (Phi) is 5.38. The van der Waals surface area contributed by atoms with E-state index in [0.29, 0.717) is 16.9 Å². The molecule has 0 spiro atoms. The van der Waals surface area contributed by atoms with Crippen molar-refractivity contribution in [1.82, 2.24) is 15.0 Å². The Balaban J connectivity index is 0.00000210. The molecule has 0 aliphatic heterocycles. The number of terminal acetylenes is 1. The minimum Gasteiger partial charge on any atom is -0.545 e. The van der Waals surface area contributed by atoms with Gasteiger partial charge in [-0.25, -0.2) is 15.0 Å². The maximum atomic E-state index is 11.2. The summed E-state index contributed by atoms with van der Waals surface area (Å²) in [5, 5.41) is 15.9. The zero-order valence-corrected chi connectivity index (χ0v) is 16.4. The van der Waals surface area contributed by atoms with Crippen LogP contribution < -0.4 is 40.0 Å². The first-order chi connectivity index (χ1) is 12.7. The topological polar surface area (TPSA) is 90.8 Å². The minimum atomic E-state index is -1.26. The fraction of sp³-hybridized carbons (Fsp3) is 0. The van der Waals surface area contributed by atoms with Crippen LogP contribution in [0, 0.1) is 12.3 Å². The molecule has 0 atom stereocenters. The Morgan fingerprint density at radius 2 is 2.00 bits per heavy atom. The first-order valence-electron chi connectivity index (χ1n) is 7.74. The molecular weight excluding hydrogens is 351 g/mol. The Morgan fingerprint density at radius 3 is 2.78 bits per heavy atom. The number of aromatic carboxylic acids is 1. The van der Waals surface area contributed by atoms with Gasteiger partial charge in [0.1, 0.15) is 11.8 Å². The molecular formula is C20H11N4NaO2. The number of carbonyl (C=O) groups excluding carboxylic acids is 1. The molecule has 4 aromatic rings. The van der Waals surface area contributed by atoms with Crippen molar-refractivity contribution >= 4 is 39.3 Å². The van der Waals surface area contributed by atoms with Gasteiger partial charge in [-0.2, -0.15) is 0 Å². The number of nitrogens with zero attached hydrogens (tertiary/aromatic N) is 3. The van der Waals surface area contributed by atoms with E-state index >= 15 is 0 Å². The van der Waals surface area contributed by atoms with E-state index < -0.39 is 5.97 Å². The zero-order chi connectivity index (χ0) is 18.1. The fourth-order valence-corrected chi connectivity index (χ4v) is 2.78. The van der Waals surface area contributed by atoms with Crippen molar-refractivity contribution in [3.05, 3.63) is 66.1 Å². The van der Waals surface area contributed by atoms with Gasteiger partial charge in [0.05, 0.1) is 11.5 Å². The maximum absolute atomic E-state index is 11.2. The van der Waals surface area contributed by atoms with Crippen LogP contribution in [0.25, 0.3) is 21.8 Å². The van der Waals surface area contributed by atoms with Crippen LogP contribution >= 0.6 is 0 Å². The molecule has 2 heterocycles. The number of anilines is 2. The standard InChI is InChI=1S/C20H12N4O2.Na/c1-2-12-4-3-5-14(8-12)23-19-18-16(10-21-11-22-18)15-7-6-13(20(25)26)9-17(15)24-19;/h1,3-11H,(H,23,24)(H,25,26);/q;+1/p-1. The zero-order valence-electron chi connectivity index (χ0n) is 14.4. The summed E-state index contributed by atoms with van der Waals surface area (Å²) in [5.74, 6) is 1.81. The molecule has 0 radical (unpaired) electrons. The molecule has 0 unspecified atom stereocenters. The Labute approximate surface area is 177 Å². The fourth-order valence-electron chi connectivity index (χ4n) is 2.78. The maximum Gasteiger partial charge on any atom is 1.00 e. The van der Waals surface area contributed by atoms with E-state index in [9.17, 15) is 9.90 Å². The Hall–Kier alpha value is -2.98. The predicted octanol–water partition coefficient (Wildman–Crippen LogP) is -0.730. The van der Waals surface area contributed by atoms with Gasteiger partial charge in [0, 0.05) is 28.2 Å². The normalized spacial score (nSPS) is 10.2. The number of rotatable bonds is 3. The summed E-state index contributed by atoms with van der Waals surface area (Å²) < 4.78 is 0. The molecule has 0 aliphatic carbocycles. The molecule has 0 amide bonds. The van der Waals surface area contributed by atoms with Crippen molar-refractivity contribution in [1.29, 1.82) is 0 Å². The number of nitrogens with one attached hydrogen (secondary N) is 1. The molecule has 1 N–H and O–H groups in total. The van der Waals surface area contributed by atoms with Gasteiger partial charge >= 0.3 is 29.6 Å². The van der Waals surface area contributed by atoms with E-state index in [1.54, 1.807) is 12.3 Å². The van der Waals surface area contributed by atoms with Crippen molar-refractivity contribution < 1.29 is 39.5 Å². The van der Waals surface area contributed by atoms with Crippen molar-refractivity contribution in [3.8, 4) is 12.3 Å². The van der Waals surface area contributed by atoms with Crippen LogP contribution in [0.1, 0.15) is 15.9 Å². The average Bonchev–Trinajstić information content (AvgIpc) is 2.68. The smallest absolute Gasteiger partial charge is 0.545 e. The third-order valence-electron chi connectivity index (χ3n) is 3.98. The number of benzene rings is 2. The molecule has 2 aromatic heterocycles. The summed E-state index contributed by atoms with van der Waals surface area (Å²) in [7, 11) is 0. The van der Waals surface area contributed by atoms with Gasteiger partial charge in [-0.1, -0.05) is 24.1 Å². The van der Waals surface area contributed by atoms with E-state index in [-0.39, 0.29) is 35.1 Å². The summed E-state index contributed by atoms with van der Waals surface area (Å²) in [6, 6.07) is 12.0. The molecule has 7 heteroatoms. The van der Waals surface area contributed by atoms with Crippen molar-refractivity contribution in [2.75, 3.05) is 5.32 Å². The molecule has 27 heavy (non-hydrogen) atoms. The Morgan fingerprint density at radius 1 is 1.15 bits per heavy atom. The van der Waals surface area contributed by atoms with Gasteiger partial charge in [-0.3, -0.25) is 0 Å². The van der Waals surface area contributed by atoms with E-state index in [1.807, 2.05) is 24.3 Å². The monoisotopic (exact) mass is 362 g/mol. The van der Waals surface area contributed by atoms with Gasteiger partial charge in [0.15, 0.2) is 5.82 Å². The second-order valence-corrected chi connectivity index (χ2v) is 5.61. The number of hydrogen-bond acceptors (Lipinski definition) is 6. The third-order valence-corrected chi connectivity index (χ3v) is 3.98. The number of hydrogen-bond donors (Lipinski definition) is 1. The van der Waals surface area contributed by atoms with Crippen LogP contribution in [0.15, 0.2) is 55.0 Å². The molecule has 6 nitrogen and oxygen atoms in total. The molecule has 4 rings (SSSR count). The van der Waals surface area contributed by atoms with E-state index in [4.69, 9.17) is 6.42 Å². The SMILES string of the molecule is C#Cc1cccc(Nc2nc3cc(C(=O)[O-])ccc3c3cncnc23)c1.[Na+]. The van der Waals surface area contributed by atoms with Gasteiger partial charge in [0.25, 0.3) is 0 Å². The van der Waals surface area contributed by atoms with E-state index in [0.717, 1.165) is 22.0 Å². The second-order valence-electron chi connectivity index (χ2n) is 5.61. The van der Waals surface area contributed by atoms with Crippen molar-refractivity contribution in [3.63, 3.8) is 0 Å². The van der Waals surface area contributed by atoms with Crippen LogP contribution in [0.4, 0.5) is 11.5 Å². The van der Waals surface area contributed by atoms with Crippen LogP contribution in [-0.2, 0) is 0 Å². The quantitative estimate of drug-likeness (QED) is 0.294. The Bertz CT molecular complexity index is 1220. The van der Waals surface area contributed by atoms with E-state index in [2.05, 4.69) is 26.2 Å². The molecule has 124 valence electrons. The van der Waals surface area contributed by atoms with Crippen molar-refractivity contribution in [2.24, 2.45) is 0 Å². The molecule has 0 saturated heterocycles. The molecule has 0 aliphatic rings. The number of aromatic nitrogens is 3. The summed E-state index contributed by atoms with van der Waals surface area (Å²) in [5.41, 5.74) is 2.67. The first-order valence-corrected chi connectivity index (χ1v) is 7.74. The van der Waals surface area contributed by atoms with Crippen LogP contribution in [0.2, 0.25) is 0 Å². The minimum absolute atomic E-state index is 0. The van der Waals surface area contributed by atoms with Crippen LogP contribution in [0.3, 0.4) is 0 Å². The number of carboxylic acids is 1. The molecule has 0 saturated carbocycles. The van der Waals surface area contributed by atoms with Crippen LogP contribution in [-0.4, -0.2) is 20.9 Å². The largest absolute Gasteiger partial charge is 1.00 e. The predicted molar refractivity (Wildman–Crippen MR) is 96.8 cm³/mol. The summed E-state index contributed by atoms with van der Waals surface area (Å²) in [4.78, 5) is 24.1. The second kappa shape index (κ2) is 7.72. The summed E-state index contributed by atoms with van der Waals surface area (Å²) in [6.45, 7) is 0. The molecule has 0 fully saturated rings. The number of carbonyl (C=O) groups is 1. The van der Waals surface area contributed by atoms with Gasteiger partial charge in [-0.05, 0) is 29.8 Å². The number of pyridine rings is 1. The number of carboxylic acid groups (broad SMARTS) is 1. The van der Waals surface area contributed by atoms with Crippen molar-refractivity contribution in [2.45, 2.75) is 0 Å². The summed E-state index contributed by atoms with van der Waals surface area (Å²) in [6.07, 6.45) is 8.56. The first kappa shape index (κ1) is 18.8. The number of fused-ring (bicyclic) bond motifs is 3. The average molecular weight is 362 g/mol. The van der Waals surface area contributed by atoms with E-state index in [1.165, 1.54) is 18.5 Å².